The topological polar surface area (TPSA) is 0 Å². The van der Waals surface area contributed by atoms with Crippen LogP contribution in [-0.4, -0.2) is 0 Å². The van der Waals surface area contributed by atoms with Crippen LogP contribution in [0.1, 0.15) is 140 Å². The average Bonchev–Trinajstić information content (AvgIpc) is 2.90. The molecule has 0 nitrogen and oxygen atoms in total. The van der Waals surface area contributed by atoms with Crippen LogP contribution in [0.2, 0.25) is 0 Å². The molecule has 0 radical (unpaired) electrons. The highest BCUT2D eigenvalue weighted by Crippen LogP contribution is 2.45. The first kappa shape index (κ1) is 25.5. The fraction of sp³-hybridized carbons (Fsp3) is 0.647. The molecule has 0 amide bonds. The maximum absolute atomic E-state index is 2.46. The van der Waals surface area contributed by atoms with Gasteiger partial charge in [0.05, 0.1) is 0 Å². The SMILES string of the molecule is CCCCCC1CCC(c2ccccc2-c2ccccc2C2CCC(CCCCC)CC2)CC1. The molecule has 0 N–H and O–H groups in total. The van der Waals surface area contributed by atoms with Gasteiger partial charge in [-0.05, 0) is 97.3 Å². The van der Waals surface area contributed by atoms with Gasteiger partial charge in [-0.1, -0.05) is 114 Å². The molecule has 2 fully saturated rings. The first-order valence-corrected chi connectivity index (χ1v) is 15.0. The van der Waals surface area contributed by atoms with Gasteiger partial charge in [-0.3, -0.25) is 0 Å². The Morgan fingerprint density at radius 1 is 0.500 bits per heavy atom. The number of hydrogen-bond acceptors (Lipinski definition) is 0. The van der Waals surface area contributed by atoms with E-state index >= 15 is 0 Å². The molecule has 0 saturated heterocycles. The normalized spacial score (nSPS) is 25.4. The van der Waals surface area contributed by atoms with Crippen molar-refractivity contribution < 1.29 is 0 Å². The molecule has 0 heterocycles. The largest absolute Gasteiger partial charge is 0.0654 e. The van der Waals surface area contributed by atoms with Crippen LogP contribution in [0.4, 0.5) is 0 Å². The number of unbranched alkanes of at least 4 members (excludes halogenated alkanes) is 4. The van der Waals surface area contributed by atoms with Crippen molar-refractivity contribution in [3.05, 3.63) is 59.7 Å². The molecule has 2 aromatic rings. The highest BCUT2D eigenvalue weighted by Gasteiger charge is 2.27. The minimum absolute atomic E-state index is 0.751. The highest BCUT2D eigenvalue weighted by atomic mass is 14.3. The zero-order valence-corrected chi connectivity index (χ0v) is 22.2. The fourth-order valence-corrected chi connectivity index (χ4v) is 7.09. The van der Waals surface area contributed by atoms with Gasteiger partial charge in [-0.25, -0.2) is 0 Å². The third kappa shape index (κ3) is 6.77. The fourth-order valence-electron chi connectivity index (χ4n) is 7.09. The molecule has 0 atom stereocenters. The molecule has 2 aliphatic rings. The summed E-state index contributed by atoms with van der Waals surface area (Å²) in [6, 6.07) is 18.9. The van der Waals surface area contributed by atoms with E-state index in [1.165, 1.54) is 114 Å². The van der Waals surface area contributed by atoms with Crippen LogP contribution in [0, 0.1) is 11.8 Å². The predicted octanol–water partition coefficient (Wildman–Crippen LogP) is 11.1. The summed E-state index contributed by atoms with van der Waals surface area (Å²) in [5.41, 5.74) is 6.35. The van der Waals surface area contributed by atoms with E-state index in [1.54, 1.807) is 11.1 Å². The zero-order chi connectivity index (χ0) is 23.6. The molecule has 4 rings (SSSR count). The van der Waals surface area contributed by atoms with E-state index in [4.69, 9.17) is 0 Å². The number of benzene rings is 2. The van der Waals surface area contributed by atoms with E-state index in [1.807, 2.05) is 0 Å². The molecule has 2 saturated carbocycles. The Labute approximate surface area is 211 Å². The first-order valence-electron chi connectivity index (χ1n) is 15.0. The monoisotopic (exact) mass is 458 g/mol. The van der Waals surface area contributed by atoms with Crippen LogP contribution >= 0.6 is 0 Å². The second-order valence-corrected chi connectivity index (χ2v) is 11.6. The Morgan fingerprint density at radius 2 is 0.882 bits per heavy atom. The summed E-state index contributed by atoms with van der Waals surface area (Å²) in [7, 11) is 0. The number of hydrogen-bond donors (Lipinski definition) is 0. The second kappa shape index (κ2) is 13.5. The van der Waals surface area contributed by atoms with Gasteiger partial charge < -0.3 is 0 Å². The Bertz CT molecular complexity index is 761. The summed E-state index contributed by atoms with van der Waals surface area (Å²) in [5, 5.41) is 0. The summed E-state index contributed by atoms with van der Waals surface area (Å²) in [4.78, 5) is 0. The van der Waals surface area contributed by atoms with E-state index < -0.39 is 0 Å². The van der Waals surface area contributed by atoms with Crippen LogP contribution < -0.4 is 0 Å². The maximum Gasteiger partial charge on any atom is -0.0146 e. The molecule has 0 spiro atoms. The van der Waals surface area contributed by atoms with Crippen molar-refractivity contribution in [1.29, 1.82) is 0 Å². The van der Waals surface area contributed by atoms with Gasteiger partial charge in [0, 0.05) is 0 Å². The molecule has 2 aliphatic carbocycles. The smallest absolute Gasteiger partial charge is 0.0146 e. The molecule has 0 aliphatic heterocycles. The molecule has 186 valence electrons. The summed E-state index contributed by atoms with van der Waals surface area (Å²) in [6.45, 7) is 4.65. The summed E-state index contributed by atoms with van der Waals surface area (Å²) < 4.78 is 0. The van der Waals surface area contributed by atoms with Crippen molar-refractivity contribution in [3.8, 4) is 11.1 Å². The molecule has 0 unspecified atom stereocenters. The minimum atomic E-state index is 0.751. The van der Waals surface area contributed by atoms with Crippen LogP contribution in [-0.2, 0) is 0 Å². The molecule has 34 heavy (non-hydrogen) atoms. The van der Waals surface area contributed by atoms with Crippen molar-refractivity contribution in [3.63, 3.8) is 0 Å². The van der Waals surface area contributed by atoms with Crippen LogP contribution in [0.5, 0.6) is 0 Å². The van der Waals surface area contributed by atoms with Gasteiger partial charge in [0.2, 0.25) is 0 Å². The molecule has 0 bridgehead atoms. The van der Waals surface area contributed by atoms with E-state index in [-0.39, 0.29) is 0 Å². The molecule has 2 aromatic carbocycles. The second-order valence-electron chi connectivity index (χ2n) is 11.6. The van der Waals surface area contributed by atoms with E-state index in [0.717, 1.165) is 23.7 Å². The lowest BCUT2D eigenvalue weighted by Gasteiger charge is -2.32. The summed E-state index contributed by atoms with van der Waals surface area (Å²) in [5.74, 6) is 3.46. The summed E-state index contributed by atoms with van der Waals surface area (Å²) in [6.07, 6.45) is 22.6. The van der Waals surface area contributed by atoms with E-state index in [2.05, 4.69) is 62.4 Å². The minimum Gasteiger partial charge on any atom is -0.0654 e. The predicted molar refractivity (Wildman–Crippen MR) is 150 cm³/mol. The van der Waals surface area contributed by atoms with Gasteiger partial charge in [0.15, 0.2) is 0 Å². The standard InChI is InChI=1S/C34H50/c1-3-5-7-13-27-19-23-29(24-20-27)31-15-9-11-17-33(31)34-18-12-10-16-32(34)30-25-21-28(22-26-30)14-8-6-4-2/h9-12,15-18,27-30H,3-8,13-14,19-26H2,1-2H3. The third-order valence-electron chi connectivity index (χ3n) is 9.22. The van der Waals surface area contributed by atoms with Gasteiger partial charge >= 0.3 is 0 Å². The lowest BCUT2D eigenvalue weighted by Crippen LogP contribution is -2.15. The Kier molecular flexibility index (Phi) is 10.1. The van der Waals surface area contributed by atoms with Crippen molar-refractivity contribution in [2.75, 3.05) is 0 Å². The Morgan fingerprint density at radius 3 is 1.26 bits per heavy atom. The molecule has 0 heteroatoms. The Hall–Kier alpha value is -1.56. The van der Waals surface area contributed by atoms with Crippen molar-refractivity contribution in [2.45, 2.75) is 128 Å². The lowest BCUT2D eigenvalue weighted by molar-refractivity contribution is 0.302. The summed E-state index contributed by atoms with van der Waals surface area (Å²) >= 11 is 0. The number of rotatable bonds is 11. The van der Waals surface area contributed by atoms with Gasteiger partial charge in [-0.15, -0.1) is 0 Å². The Balaban J connectivity index is 1.44. The molecular weight excluding hydrogens is 408 g/mol. The van der Waals surface area contributed by atoms with Crippen molar-refractivity contribution in [2.24, 2.45) is 11.8 Å². The maximum atomic E-state index is 2.46. The van der Waals surface area contributed by atoms with Gasteiger partial charge in [0.1, 0.15) is 0 Å². The average molecular weight is 459 g/mol. The van der Waals surface area contributed by atoms with Gasteiger partial charge in [-0.2, -0.15) is 0 Å². The van der Waals surface area contributed by atoms with E-state index in [0.29, 0.717) is 0 Å². The third-order valence-corrected chi connectivity index (χ3v) is 9.22. The first-order chi connectivity index (χ1) is 16.8. The van der Waals surface area contributed by atoms with Gasteiger partial charge in [0.25, 0.3) is 0 Å². The highest BCUT2D eigenvalue weighted by molar-refractivity contribution is 5.72. The van der Waals surface area contributed by atoms with Crippen LogP contribution in [0.15, 0.2) is 48.5 Å². The van der Waals surface area contributed by atoms with E-state index in [9.17, 15) is 0 Å². The zero-order valence-electron chi connectivity index (χ0n) is 22.2. The van der Waals surface area contributed by atoms with Crippen molar-refractivity contribution >= 4 is 0 Å². The van der Waals surface area contributed by atoms with Crippen molar-refractivity contribution in [1.82, 2.24) is 0 Å². The quantitative estimate of drug-likeness (QED) is 0.294. The lowest BCUT2D eigenvalue weighted by atomic mass is 9.73. The molecule has 0 aromatic heterocycles. The van der Waals surface area contributed by atoms with Crippen LogP contribution in [0.3, 0.4) is 0 Å². The molecular formula is C34H50. The van der Waals surface area contributed by atoms with Crippen LogP contribution in [0.25, 0.3) is 11.1 Å².